The van der Waals surface area contributed by atoms with Gasteiger partial charge in [-0.1, -0.05) is 60.7 Å². The molecule has 0 saturated carbocycles. The molecule has 0 amide bonds. The van der Waals surface area contributed by atoms with E-state index in [1.54, 1.807) is 54.6 Å². The number of hydrogen-bond acceptors (Lipinski definition) is 5. The van der Waals surface area contributed by atoms with Gasteiger partial charge in [0, 0.05) is 18.8 Å². The van der Waals surface area contributed by atoms with Gasteiger partial charge in [-0.2, -0.15) is 0 Å². The van der Waals surface area contributed by atoms with E-state index in [0.29, 0.717) is 12.4 Å². The molecule has 0 radical (unpaired) electrons. The molecule has 172 valence electrons. The van der Waals surface area contributed by atoms with Crippen LogP contribution in [0.15, 0.2) is 60.7 Å². The van der Waals surface area contributed by atoms with Gasteiger partial charge in [0.15, 0.2) is 0 Å². The summed E-state index contributed by atoms with van der Waals surface area (Å²) >= 11 is -0.182. The van der Waals surface area contributed by atoms with Crippen molar-refractivity contribution in [2.24, 2.45) is 0 Å². The van der Waals surface area contributed by atoms with Crippen LogP contribution in [0.4, 0.5) is 0 Å². The van der Waals surface area contributed by atoms with Crippen LogP contribution in [0.5, 0.6) is 0 Å². The maximum absolute atomic E-state index is 11.7. The van der Waals surface area contributed by atoms with Gasteiger partial charge in [0.2, 0.25) is 0 Å². The minimum atomic E-state index is -1.98. The summed E-state index contributed by atoms with van der Waals surface area (Å²) in [7, 11) is 0. The third-order valence-corrected chi connectivity index (χ3v) is 8.52. The summed E-state index contributed by atoms with van der Waals surface area (Å²) in [5.41, 5.74) is -0.591. The number of ether oxygens (including phenoxy) is 1. The van der Waals surface area contributed by atoms with E-state index in [1.165, 1.54) is 0 Å². The molecule has 0 spiro atoms. The average Bonchev–Trinajstić information content (AvgIpc) is 2.65. The molecule has 0 aliphatic carbocycles. The van der Waals surface area contributed by atoms with Crippen molar-refractivity contribution in [1.82, 2.24) is 0 Å². The molecule has 2 aromatic carbocycles. The minimum absolute atomic E-state index is 0.0328. The van der Waals surface area contributed by atoms with Crippen LogP contribution in [0.3, 0.4) is 0 Å². The summed E-state index contributed by atoms with van der Waals surface area (Å²) in [6, 6.07) is 17.6. The summed E-state index contributed by atoms with van der Waals surface area (Å²) in [5, 5.41) is 22.7. The number of rotatable bonds is 8. The van der Waals surface area contributed by atoms with Crippen LogP contribution >= 0.6 is 0 Å². The van der Waals surface area contributed by atoms with Gasteiger partial charge >= 0.3 is 69.5 Å². The first kappa shape index (κ1) is 28.2. The van der Waals surface area contributed by atoms with E-state index in [4.69, 9.17) is 4.74 Å². The zero-order valence-electron chi connectivity index (χ0n) is 19.9. The molecular formula is C26H34O5Sn. The fourth-order valence-corrected chi connectivity index (χ4v) is 9.87. The SMILES string of the molecule is C[C](C)(C)[Sn+2][C](C)(C)C.O=C([O-])CC(Cc1ccccc1)(OCc1ccccc1)C(=O)[O-]. The van der Waals surface area contributed by atoms with Crippen molar-refractivity contribution in [3.8, 4) is 0 Å². The third-order valence-electron chi connectivity index (χ3n) is 4.24. The molecule has 1 unspecified atom stereocenters. The van der Waals surface area contributed by atoms with Gasteiger partial charge in [0.25, 0.3) is 0 Å². The summed E-state index contributed by atoms with van der Waals surface area (Å²) in [6.45, 7) is 14.2. The number of carbonyl (C=O) groups is 2. The summed E-state index contributed by atoms with van der Waals surface area (Å²) in [4.78, 5) is 22.7. The number of carboxylic acids is 2. The molecule has 0 aromatic heterocycles. The Kier molecular flexibility index (Phi) is 10.9. The Hall–Kier alpha value is -1.86. The molecule has 32 heavy (non-hydrogen) atoms. The molecule has 0 bridgehead atoms. The Morgan fingerprint density at radius 1 is 0.781 bits per heavy atom. The molecule has 0 aliphatic heterocycles. The first-order chi connectivity index (χ1) is 14.7. The van der Waals surface area contributed by atoms with Gasteiger partial charge in [0.05, 0.1) is 12.6 Å². The molecule has 2 rings (SSSR count). The van der Waals surface area contributed by atoms with Crippen molar-refractivity contribution >= 4 is 33.1 Å². The van der Waals surface area contributed by atoms with E-state index in [9.17, 15) is 19.8 Å². The van der Waals surface area contributed by atoms with E-state index < -0.39 is 24.0 Å². The molecule has 0 fully saturated rings. The van der Waals surface area contributed by atoms with Gasteiger partial charge in [-0.05, 0) is 11.1 Å². The van der Waals surface area contributed by atoms with E-state index in [2.05, 4.69) is 41.5 Å². The number of benzene rings is 2. The quantitative estimate of drug-likeness (QED) is 0.476. The maximum atomic E-state index is 11.7. The summed E-state index contributed by atoms with van der Waals surface area (Å²) in [6.07, 6.45) is -0.895. The van der Waals surface area contributed by atoms with E-state index in [-0.39, 0.29) is 34.2 Å². The first-order valence-corrected chi connectivity index (χ1v) is 13.5. The van der Waals surface area contributed by atoms with E-state index in [1.807, 2.05) is 6.07 Å². The molecule has 0 aliphatic rings. The second-order valence-corrected chi connectivity index (χ2v) is 19.2. The van der Waals surface area contributed by atoms with Crippen molar-refractivity contribution in [2.45, 2.75) is 73.5 Å². The second-order valence-electron chi connectivity index (χ2n) is 9.89. The van der Waals surface area contributed by atoms with Gasteiger partial charge in [-0.3, -0.25) is 0 Å². The Morgan fingerprint density at radius 3 is 1.56 bits per heavy atom. The number of carboxylic acid groups (broad SMARTS) is 2. The Balaban J connectivity index is 0.000000482. The molecule has 1 atom stereocenters. The summed E-state index contributed by atoms with van der Waals surface area (Å²) in [5.74, 6) is -3.07. The van der Waals surface area contributed by atoms with Crippen molar-refractivity contribution < 1.29 is 24.5 Å². The van der Waals surface area contributed by atoms with Gasteiger partial charge in [-0.25, -0.2) is 0 Å². The normalized spacial score (nSPS) is 13.2. The molecule has 6 heteroatoms. The maximum Gasteiger partial charge on any atom is 0.117 e. The predicted octanol–water partition coefficient (Wildman–Crippen LogP) is 3.20. The van der Waals surface area contributed by atoms with Crippen LogP contribution in [0, 0.1) is 0 Å². The minimum Gasteiger partial charge on any atom is -0.550 e. The summed E-state index contributed by atoms with van der Waals surface area (Å²) < 4.78 is 6.82. The third kappa shape index (κ3) is 11.7. The van der Waals surface area contributed by atoms with Crippen LogP contribution in [0.2, 0.25) is 6.86 Å². The van der Waals surface area contributed by atoms with Gasteiger partial charge in [-0.15, -0.1) is 0 Å². The molecular weight excluding hydrogens is 511 g/mol. The number of aliphatic carboxylic acids is 2. The molecule has 0 N–H and O–H groups in total. The largest absolute Gasteiger partial charge is 0.550 e. The van der Waals surface area contributed by atoms with E-state index >= 15 is 0 Å². The molecule has 0 heterocycles. The molecule has 5 nitrogen and oxygen atoms in total. The van der Waals surface area contributed by atoms with Crippen LogP contribution in [0.1, 0.15) is 59.1 Å². The van der Waals surface area contributed by atoms with Crippen LogP contribution in [0.25, 0.3) is 0 Å². The Morgan fingerprint density at radius 2 is 1.22 bits per heavy atom. The van der Waals surface area contributed by atoms with Crippen LogP contribution in [-0.4, -0.2) is 38.7 Å². The van der Waals surface area contributed by atoms with E-state index in [0.717, 1.165) is 5.56 Å². The Labute approximate surface area is 202 Å². The second kappa shape index (κ2) is 12.4. The van der Waals surface area contributed by atoms with Crippen molar-refractivity contribution in [1.29, 1.82) is 0 Å². The van der Waals surface area contributed by atoms with Gasteiger partial charge in [0.1, 0.15) is 5.60 Å². The molecule has 2 aromatic rings. The molecule has 0 saturated heterocycles. The van der Waals surface area contributed by atoms with Gasteiger partial charge < -0.3 is 24.5 Å². The van der Waals surface area contributed by atoms with Crippen LogP contribution in [-0.2, 0) is 27.4 Å². The Bertz CT molecular complexity index is 826. The van der Waals surface area contributed by atoms with Crippen molar-refractivity contribution in [3.63, 3.8) is 0 Å². The zero-order valence-corrected chi connectivity index (χ0v) is 22.8. The standard InChI is InChI=1S/C18H18O5.2C4H9.Sn/c19-16(20)12-18(17(21)22,11-14-7-3-1-4-8-14)23-13-15-9-5-2-6-10-15;2*1-4(2)3;/h1-10H,11-13H2,(H,19,20)(H,21,22);2*1-3H3;/q;;;+2/p-2. The topological polar surface area (TPSA) is 89.5 Å². The number of carbonyl (C=O) groups excluding carboxylic acids is 2. The fraction of sp³-hybridized carbons (Fsp3) is 0.462. The number of hydrogen-bond donors (Lipinski definition) is 0. The first-order valence-electron chi connectivity index (χ1n) is 10.6. The monoisotopic (exact) mass is 546 g/mol. The van der Waals surface area contributed by atoms with Crippen LogP contribution < -0.4 is 10.2 Å². The van der Waals surface area contributed by atoms with Crippen molar-refractivity contribution in [3.05, 3.63) is 71.8 Å². The average molecular weight is 545 g/mol. The zero-order chi connectivity index (χ0) is 24.4. The smallest absolute Gasteiger partial charge is 0.117 e. The predicted molar refractivity (Wildman–Crippen MR) is 124 cm³/mol. The van der Waals surface area contributed by atoms with Crippen molar-refractivity contribution in [2.75, 3.05) is 0 Å². The fourth-order valence-electron chi connectivity index (χ4n) is 3.45.